The van der Waals surface area contributed by atoms with Crippen LogP contribution in [0.25, 0.3) is 10.9 Å². The average molecular weight is 398 g/mol. The van der Waals surface area contributed by atoms with E-state index in [9.17, 15) is 5.11 Å². The van der Waals surface area contributed by atoms with Gasteiger partial charge in [0.05, 0.1) is 23.2 Å². The third-order valence-electron chi connectivity index (χ3n) is 5.80. The lowest BCUT2D eigenvalue weighted by atomic mass is 9.95. The summed E-state index contributed by atoms with van der Waals surface area (Å²) in [6, 6.07) is 6.21. The number of aromatic nitrogens is 1. The maximum atomic E-state index is 10.8. The Kier molecular flexibility index (Phi) is 6.52. The number of para-hydroxylation sites is 1. The molecule has 2 heterocycles. The Labute approximate surface area is 167 Å². The minimum absolute atomic E-state index is 0. The van der Waals surface area contributed by atoms with Crippen molar-refractivity contribution in [1.82, 2.24) is 14.4 Å². The number of hydrogen-bond donors (Lipinski definition) is 1. The number of fused-ring (bicyclic) bond motifs is 3. The number of aliphatic hydroxyl groups excluding tert-OH is 1. The lowest BCUT2D eigenvalue weighted by Crippen LogP contribution is -2.47. The van der Waals surface area contributed by atoms with Crippen molar-refractivity contribution in [2.24, 2.45) is 0 Å². The van der Waals surface area contributed by atoms with Gasteiger partial charge < -0.3 is 14.6 Å². The molecule has 1 aromatic heterocycles. The van der Waals surface area contributed by atoms with Crippen molar-refractivity contribution in [3.8, 4) is 0 Å². The zero-order chi connectivity index (χ0) is 17.4. The van der Waals surface area contributed by atoms with Crippen molar-refractivity contribution in [3.05, 3.63) is 34.5 Å². The van der Waals surface area contributed by atoms with Crippen LogP contribution in [0.2, 0.25) is 5.02 Å². The lowest BCUT2D eigenvalue weighted by molar-refractivity contribution is 0.0712. The van der Waals surface area contributed by atoms with Crippen molar-refractivity contribution >= 4 is 34.9 Å². The molecule has 1 atom stereocenters. The Balaban J connectivity index is 0.00000196. The van der Waals surface area contributed by atoms with Crippen LogP contribution in [0.3, 0.4) is 0 Å². The second-order valence-electron chi connectivity index (χ2n) is 7.64. The Bertz CT molecular complexity index is 753. The number of nitrogens with zero attached hydrogens (tertiary/aromatic N) is 3. The second-order valence-corrected chi connectivity index (χ2v) is 8.04. The van der Waals surface area contributed by atoms with Gasteiger partial charge in [-0.25, -0.2) is 0 Å². The topological polar surface area (TPSA) is 31.6 Å². The van der Waals surface area contributed by atoms with Gasteiger partial charge in [0.15, 0.2) is 0 Å². The summed E-state index contributed by atoms with van der Waals surface area (Å²) >= 11 is 6.55. The van der Waals surface area contributed by atoms with Crippen molar-refractivity contribution in [2.75, 3.05) is 39.8 Å². The van der Waals surface area contributed by atoms with Crippen LogP contribution in [0.1, 0.15) is 24.1 Å². The molecule has 4 nitrogen and oxygen atoms in total. The summed E-state index contributed by atoms with van der Waals surface area (Å²) in [5.74, 6) is 0. The van der Waals surface area contributed by atoms with Gasteiger partial charge >= 0.3 is 0 Å². The van der Waals surface area contributed by atoms with E-state index >= 15 is 0 Å². The quantitative estimate of drug-likeness (QED) is 0.859. The first kappa shape index (κ1) is 20.0. The Morgan fingerprint density at radius 1 is 1.08 bits per heavy atom. The highest BCUT2D eigenvalue weighted by atomic mass is 35.5. The molecule has 1 aliphatic heterocycles. The van der Waals surface area contributed by atoms with E-state index < -0.39 is 0 Å². The van der Waals surface area contributed by atoms with Gasteiger partial charge in [-0.3, -0.25) is 4.90 Å². The number of aryl methyl sites for hydroxylation is 1. The maximum absolute atomic E-state index is 10.8. The third-order valence-corrected chi connectivity index (χ3v) is 6.11. The van der Waals surface area contributed by atoms with E-state index in [0.717, 1.165) is 56.1 Å². The molecule has 1 N–H and O–H groups in total. The molecule has 2 aromatic rings. The predicted molar refractivity (Wildman–Crippen MR) is 111 cm³/mol. The minimum Gasteiger partial charge on any atom is -0.390 e. The molecule has 0 bridgehead atoms. The van der Waals surface area contributed by atoms with Gasteiger partial charge in [-0.05, 0) is 44.4 Å². The zero-order valence-electron chi connectivity index (χ0n) is 15.5. The smallest absolute Gasteiger partial charge is 0.0845 e. The molecular weight excluding hydrogens is 369 g/mol. The van der Waals surface area contributed by atoms with Gasteiger partial charge in [-0.1, -0.05) is 23.7 Å². The molecule has 144 valence electrons. The van der Waals surface area contributed by atoms with Gasteiger partial charge in [0.1, 0.15) is 0 Å². The molecule has 1 saturated heterocycles. The Morgan fingerprint density at radius 2 is 1.81 bits per heavy atom. The maximum Gasteiger partial charge on any atom is 0.0845 e. The first-order chi connectivity index (χ1) is 12.1. The van der Waals surface area contributed by atoms with Crippen molar-refractivity contribution in [2.45, 2.75) is 38.3 Å². The highest BCUT2D eigenvalue weighted by Gasteiger charge is 2.24. The number of aliphatic hydroxyl groups is 1. The number of halogens is 2. The van der Waals surface area contributed by atoms with Crippen molar-refractivity contribution < 1.29 is 5.11 Å². The van der Waals surface area contributed by atoms with E-state index in [1.165, 1.54) is 29.5 Å². The molecule has 0 spiro atoms. The second kappa shape index (κ2) is 8.49. The molecule has 1 unspecified atom stereocenters. The molecule has 1 fully saturated rings. The lowest BCUT2D eigenvalue weighted by Gasteiger charge is -2.33. The van der Waals surface area contributed by atoms with E-state index in [1.807, 2.05) is 12.1 Å². The molecular formula is C20H29Cl2N3O. The Morgan fingerprint density at radius 3 is 2.58 bits per heavy atom. The van der Waals surface area contributed by atoms with E-state index in [4.69, 9.17) is 11.6 Å². The van der Waals surface area contributed by atoms with Crippen LogP contribution >= 0.6 is 24.0 Å². The van der Waals surface area contributed by atoms with E-state index in [-0.39, 0.29) is 18.5 Å². The van der Waals surface area contributed by atoms with Crippen molar-refractivity contribution in [3.63, 3.8) is 0 Å². The van der Waals surface area contributed by atoms with Crippen molar-refractivity contribution in [1.29, 1.82) is 0 Å². The fraction of sp³-hybridized carbons (Fsp3) is 0.600. The molecule has 6 heteroatoms. The SMILES string of the molecule is CN1CCN(CC(O)Cn2c3c(c4cccc(Cl)c42)CCCC3)CC1.Cl. The van der Waals surface area contributed by atoms with Gasteiger partial charge in [0, 0.05) is 43.8 Å². The molecule has 0 radical (unpaired) electrons. The minimum atomic E-state index is -0.360. The summed E-state index contributed by atoms with van der Waals surface area (Å²) in [7, 11) is 2.16. The highest BCUT2D eigenvalue weighted by molar-refractivity contribution is 6.35. The fourth-order valence-corrected chi connectivity index (χ4v) is 4.72. The average Bonchev–Trinajstić information content (AvgIpc) is 2.93. The van der Waals surface area contributed by atoms with Crippen LogP contribution in [-0.4, -0.2) is 65.3 Å². The van der Waals surface area contributed by atoms with Gasteiger partial charge in [0.25, 0.3) is 0 Å². The highest BCUT2D eigenvalue weighted by Crippen LogP contribution is 2.35. The number of piperazine rings is 1. The van der Waals surface area contributed by atoms with Crippen LogP contribution in [0.15, 0.2) is 18.2 Å². The third kappa shape index (κ3) is 3.90. The first-order valence-corrected chi connectivity index (χ1v) is 9.88. The van der Waals surface area contributed by atoms with Crippen LogP contribution < -0.4 is 0 Å². The predicted octanol–water partition coefficient (Wildman–Crippen LogP) is 3.20. The molecule has 1 aliphatic carbocycles. The molecule has 0 saturated carbocycles. The molecule has 26 heavy (non-hydrogen) atoms. The summed E-state index contributed by atoms with van der Waals surface area (Å²) in [6.07, 6.45) is 4.36. The van der Waals surface area contributed by atoms with Gasteiger partial charge in [-0.15, -0.1) is 12.4 Å². The van der Waals surface area contributed by atoms with Crippen LogP contribution in [0, 0.1) is 0 Å². The summed E-state index contributed by atoms with van der Waals surface area (Å²) in [5.41, 5.74) is 3.97. The summed E-state index contributed by atoms with van der Waals surface area (Å²) in [5, 5.41) is 12.9. The molecule has 4 rings (SSSR count). The number of likely N-dealkylation sites (N-methyl/N-ethyl adjacent to an activating group) is 1. The zero-order valence-corrected chi connectivity index (χ0v) is 17.0. The van der Waals surface area contributed by atoms with E-state index in [2.05, 4.69) is 27.5 Å². The van der Waals surface area contributed by atoms with E-state index in [1.54, 1.807) is 0 Å². The van der Waals surface area contributed by atoms with E-state index in [0.29, 0.717) is 6.54 Å². The largest absolute Gasteiger partial charge is 0.390 e. The first-order valence-electron chi connectivity index (χ1n) is 9.51. The summed E-state index contributed by atoms with van der Waals surface area (Å²) in [6.45, 7) is 5.63. The van der Waals surface area contributed by atoms with Crippen LogP contribution in [0.4, 0.5) is 0 Å². The Hall–Kier alpha value is -0.780. The fourth-order valence-electron chi connectivity index (χ4n) is 4.44. The number of β-amino-alcohol motifs (C(OH)–C–C–N with tert-alkyl or cyclic N) is 1. The summed E-state index contributed by atoms with van der Waals surface area (Å²) < 4.78 is 2.31. The van der Waals surface area contributed by atoms with Crippen LogP contribution in [0.5, 0.6) is 0 Å². The monoisotopic (exact) mass is 397 g/mol. The molecule has 1 aromatic carbocycles. The molecule has 2 aliphatic rings. The summed E-state index contributed by atoms with van der Waals surface area (Å²) in [4.78, 5) is 4.73. The standard InChI is InChI=1S/C20H28ClN3O.ClH/c1-22-9-11-23(12-10-22)13-15(25)14-24-19-8-3-2-5-16(19)17-6-4-7-18(21)20(17)24;/h4,6-7,15,25H,2-3,5,8-14H2,1H3;1H. The van der Waals surface area contributed by atoms with Gasteiger partial charge in [0.2, 0.25) is 0 Å². The number of rotatable bonds is 4. The van der Waals surface area contributed by atoms with Crippen LogP contribution in [-0.2, 0) is 19.4 Å². The number of benzene rings is 1. The molecule has 0 amide bonds. The van der Waals surface area contributed by atoms with Gasteiger partial charge in [-0.2, -0.15) is 0 Å². The normalized spacial score (nSPS) is 20.0. The number of hydrogen-bond acceptors (Lipinski definition) is 3.